The monoisotopic (exact) mass is 459 g/mol. The van der Waals surface area contributed by atoms with Gasteiger partial charge in [0.15, 0.2) is 32.9 Å². The lowest BCUT2D eigenvalue weighted by Gasteiger charge is -2.12. The maximum atomic E-state index is 14.5. The predicted octanol–water partition coefficient (Wildman–Crippen LogP) is 3.94. The summed E-state index contributed by atoms with van der Waals surface area (Å²) in [6.07, 6.45) is 4.20. The van der Waals surface area contributed by atoms with E-state index in [4.69, 9.17) is 9.47 Å². The zero-order valence-electron chi connectivity index (χ0n) is 17.8. The lowest BCUT2D eigenvalue weighted by atomic mass is 10.0. The fourth-order valence-corrected chi connectivity index (χ4v) is 3.49. The highest BCUT2D eigenvalue weighted by Gasteiger charge is 2.15. The molecule has 0 saturated carbocycles. The van der Waals surface area contributed by atoms with E-state index in [0.717, 1.165) is 6.26 Å². The van der Waals surface area contributed by atoms with Gasteiger partial charge >= 0.3 is 0 Å². The minimum absolute atomic E-state index is 0.0324. The molecular weight excluding hydrogens is 437 g/mol. The van der Waals surface area contributed by atoms with Crippen molar-refractivity contribution in [1.29, 1.82) is 0 Å². The summed E-state index contributed by atoms with van der Waals surface area (Å²) in [7, 11) is -2.01. The van der Waals surface area contributed by atoms with Crippen LogP contribution in [0.4, 0.5) is 16.0 Å². The third-order valence-electron chi connectivity index (χ3n) is 4.52. The summed E-state index contributed by atoms with van der Waals surface area (Å²) in [6.45, 7) is 1.57. The van der Waals surface area contributed by atoms with Crippen LogP contribution in [0.1, 0.15) is 29.3 Å². The summed E-state index contributed by atoms with van der Waals surface area (Å²) >= 11 is 0. The molecule has 0 aliphatic rings. The number of aromatic nitrogens is 2. The van der Waals surface area contributed by atoms with Gasteiger partial charge in [0.2, 0.25) is 5.95 Å². The second kappa shape index (κ2) is 9.73. The van der Waals surface area contributed by atoms with Crippen molar-refractivity contribution >= 4 is 27.3 Å². The molecule has 0 fully saturated rings. The van der Waals surface area contributed by atoms with Crippen molar-refractivity contribution in [2.24, 2.45) is 0 Å². The highest BCUT2D eigenvalue weighted by atomic mass is 32.2. The van der Waals surface area contributed by atoms with Crippen molar-refractivity contribution < 1.29 is 27.1 Å². The van der Waals surface area contributed by atoms with Crippen LogP contribution >= 0.6 is 0 Å². The number of nitrogens with zero attached hydrogens (tertiary/aromatic N) is 2. The molecule has 168 valence electrons. The Labute approximate surface area is 185 Å². The van der Waals surface area contributed by atoms with Crippen molar-refractivity contribution in [2.45, 2.75) is 24.8 Å². The molecule has 0 aliphatic heterocycles. The first-order valence-electron chi connectivity index (χ1n) is 9.63. The van der Waals surface area contributed by atoms with Crippen molar-refractivity contribution in [3.05, 3.63) is 65.7 Å². The molecule has 1 heterocycles. The molecule has 0 aliphatic carbocycles. The minimum Gasteiger partial charge on any atom is -0.494 e. The van der Waals surface area contributed by atoms with E-state index in [2.05, 4.69) is 15.3 Å². The van der Waals surface area contributed by atoms with Crippen molar-refractivity contribution in [3.63, 3.8) is 0 Å². The summed E-state index contributed by atoms with van der Waals surface area (Å²) in [4.78, 5) is 20.4. The number of ketones is 1. The standard InChI is InChI=1S/C22H22FN3O5S/c1-4-19(27)14-8-15(21(23)20(9-14)30-2)13-31-17-11-24-22(25-12-17)26-16-6-5-7-18(10-16)32(3,28)29/h5-12H,4,13H2,1-3H3,(H,24,25,26). The third kappa shape index (κ3) is 5.58. The largest absolute Gasteiger partial charge is 0.494 e. The van der Waals surface area contributed by atoms with Crippen LogP contribution in [0.15, 0.2) is 53.7 Å². The van der Waals surface area contributed by atoms with Crippen molar-refractivity contribution in [1.82, 2.24) is 9.97 Å². The summed E-state index contributed by atoms with van der Waals surface area (Å²) in [5, 5.41) is 2.91. The van der Waals surface area contributed by atoms with Gasteiger partial charge in [0.05, 0.1) is 24.4 Å². The molecule has 3 rings (SSSR count). The number of carbonyl (C=O) groups excluding carboxylic acids is 1. The SMILES string of the molecule is CCC(=O)c1cc(COc2cnc(Nc3cccc(S(C)(=O)=O)c3)nc2)c(F)c(OC)c1. The molecule has 10 heteroatoms. The molecular formula is C22H22FN3O5S. The first kappa shape index (κ1) is 23.1. The van der Waals surface area contributed by atoms with Crippen LogP contribution in [0.3, 0.4) is 0 Å². The Balaban J connectivity index is 1.71. The third-order valence-corrected chi connectivity index (χ3v) is 5.63. The number of halogens is 1. The van der Waals surface area contributed by atoms with Crippen LogP contribution < -0.4 is 14.8 Å². The fourth-order valence-electron chi connectivity index (χ4n) is 2.82. The number of nitrogens with one attached hydrogen (secondary N) is 1. The van der Waals surface area contributed by atoms with E-state index in [1.807, 2.05) is 0 Å². The molecule has 2 aromatic carbocycles. The van der Waals surface area contributed by atoms with E-state index < -0.39 is 15.7 Å². The molecule has 0 saturated heterocycles. The van der Waals surface area contributed by atoms with Gasteiger partial charge in [0.25, 0.3) is 0 Å². The number of carbonyl (C=O) groups is 1. The maximum absolute atomic E-state index is 14.5. The van der Waals surface area contributed by atoms with Crippen LogP contribution in [0.5, 0.6) is 11.5 Å². The number of benzene rings is 2. The smallest absolute Gasteiger partial charge is 0.227 e. The maximum Gasteiger partial charge on any atom is 0.227 e. The highest BCUT2D eigenvalue weighted by Crippen LogP contribution is 2.25. The molecule has 0 atom stereocenters. The van der Waals surface area contributed by atoms with Crippen LogP contribution in [-0.2, 0) is 16.4 Å². The molecule has 0 radical (unpaired) electrons. The number of ether oxygens (including phenoxy) is 2. The number of hydrogen-bond donors (Lipinski definition) is 1. The minimum atomic E-state index is -3.34. The Kier molecular flexibility index (Phi) is 7.04. The molecule has 0 spiro atoms. The van der Waals surface area contributed by atoms with Crippen LogP contribution in [0, 0.1) is 5.82 Å². The zero-order valence-corrected chi connectivity index (χ0v) is 18.6. The van der Waals surface area contributed by atoms with Gasteiger partial charge in [-0.1, -0.05) is 13.0 Å². The highest BCUT2D eigenvalue weighted by molar-refractivity contribution is 7.90. The van der Waals surface area contributed by atoms with Crippen LogP contribution in [0.2, 0.25) is 0 Å². The number of Topliss-reactive ketones (excluding diaryl/α,β-unsaturated/α-hetero) is 1. The van der Waals surface area contributed by atoms with Gasteiger partial charge in [-0.3, -0.25) is 4.79 Å². The van der Waals surface area contributed by atoms with E-state index in [1.54, 1.807) is 19.1 Å². The molecule has 3 aromatic rings. The van der Waals surface area contributed by atoms with Crippen molar-refractivity contribution in [2.75, 3.05) is 18.7 Å². The molecule has 0 amide bonds. The predicted molar refractivity (Wildman–Crippen MR) is 117 cm³/mol. The van der Waals surface area contributed by atoms with Crippen LogP contribution in [-0.4, -0.2) is 37.5 Å². The molecule has 0 unspecified atom stereocenters. The first-order valence-corrected chi connectivity index (χ1v) is 11.5. The van der Waals surface area contributed by atoms with Gasteiger partial charge in [0, 0.05) is 29.5 Å². The molecule has 1 N–H and O–H groups in total. The molecule has 1 aromatic heterocycles. The van der Waals surface area contributed by atoms with E-state index in [9.17, 15) is 17.6 Å². The normalized spacial score (nSPS) is 11.1. The van der Waals surface area contributed by atoms with Gasteiger partial charge in [0.1, 0.15) is 6.61 Å². The summed E-state index contributed by atoms with van der Waals surface area (Å²) in [5.74, 6) is -0.263. The van der Waals surface area contributed by atoms with Crippen molar-refractivity contribution in [3.8, 4) is 11.5 Å². The van der Waals surface area contributed by atoms with Gasteiger partial charge in [-0.05, 0) is 30.3 Å². The Hall–Kier alpha value is -3.53. The summed E-state index contributed by atoms with van der Waals surface area (Å²) < 4.78 is 48.5. The Morgan fingerprint density at radius 2 is 1.88 bits per heavy atom. The molecule has 0 bridgehead atoms. The van der Waals surface area contributed by atoms with E-state index >= 15 is 0 Å². The molecule has 32 heavy (non-hydrogen) atoms. The number of sulfone groups is 1. The zero-order chi connectivity index (χ0) is 23.3. The Morgan fingerprint density at radius 3 is 2.50 bits per heavy atom. The first-order chi connectivity index (χ1) is 15.2. The number of hydrogen-bond acceptors (Lipinski definition) is 8. The van der Waals surface area contributed by atoms with Gasteiger partial charge in [-0.2, -0.15) is 0 Å². The number of rotatable bonds is 9. The summed E-state index contributed by atoms with van der Waals surface area (Å²) in [5.41, 5.74) is 1.02. The lowest BCUT2D eigenvalue weighted by molar-refractivity contribution is 0.0987. The Morgan fingerprint density at radius 1 is 1.16 bits per heavy atom. The van der Waals surface area contributed by atoms with Gasteiger partial charge in [-0.25, -0.2) is 22.8 Å². The average molecular weight is 459 g/mol. The number of methoxy groups -OCH3 is 1. The van der Waals surface area contributed by atoms with Crippen LogP contribution in [0.25, 0.3) is 0 Å². The van der Waals surface area contributed by atoms with E-state index in [0.29, 0.717) is 11.3 Å². The lowest BCUT2D eigenvalue weighted by Crippen LogP contribution is -2.06. The average Bonchev–Trinajstić information content (AvgIpc) is 2.78. The topological polar surface area (TPSA) is 107 Å². The number of anilines is 2. The summed E-state index contributed by atoms with van der Waals surface area (Å²) in [6, 6.07) is 9.07. The Bertz CT molecular complexity index is 1230. The van der Waals surface area contributed by atoms with E-state index in [1.165, 1.54) is 43.8 Å². The molecule has 8 nitrogen and oxygen atoms in total. The van der Waals surface area contributed by atoms with E-state index in [-0.39, 0.29) is 46.7 Å². The quantitative estimate of drug-likeness (QED) is 0.480. The second-order valence-electron chi connectivity index (χ2n) is 6.88. The van der Waals surface area contributed by atoms with Gasteiger partial charge in [-0.15, -0.1) is 0 Å². The van der Waals surface area contributed by atoms with Gasteiger partial charge < -0.3 is 14.8 Å². The fraction of sp³-hybridized carbons (Fsp3) is 0.227. The second-order valence-corrected chi connectivity index (χ2v) is 8.90.